The van der Waals surface area contributed by atoms with E-state index in [1.165, 1.54) is 0 Å². The Balaban J connectivity index is 0.00000180. The van der Waals surface area contributed by atoms with Gasteiger partial charge in [0.25, 0.3) is 0 Å². The molecule has 0 heterocycles. The third kappa shape index (κ3) is 5.20. The van der Waals surface area contributed by atoms with Crippen LogP contribution in [-0.2, 0) is 0 Å². The van der Waals surface area contributed by atoms with E-state index in [-0.39, 0.29) is 12.4 Å². The molecule has 4 heteroatoms. The van der Waals surface area contributed by atoms with E-state index < -0.39 is 0 Å². The van der Waals surface area contributed by atoms with Gasteiger partial charge in [0.15, 0.2) is 0 Å². The molecule has 0 radical (unpaired) electrons. The van der Waals surface area contributed by atoms with Crippen LogP contribution in [-0.4, -0.2) is 13.2 Å². The minimum atomic E-state index is 0. The van der Waals surface area contributed by atoms with Gasteiger partial charge in [-0.3, -0.25) is 0 Å². The number of ether oxygens (including phenoxy) is 2. The fraction of sp³-hybridized carbons (Fsp3) is 0.200. The van der Waals surface area contributed by atoms with Gasteiger partial charge in [0.05, 0.1) is 6.61 Å². The second-order valence-electron chi connectivity index (χ2n) is 3.88. The molecule has 0 saturated carbocycles. The van der Waals surface area contributed by atoms with E-state index in [0.717, 1.165) is 23.7 Å². The van der Waals surface area contributed by atoms with Crippen molar-refractivity contribution < 1.29 is 9.47 Å². The van der Waals surface area contributed by atoms with Gasteiger partial charge in [0, 0.05) is 0 Å². The predicted molar refractivity (Wildman–Crippen MR) is 79.4 cm³/mol. The van der Waals surface area contributed by atoms with Crippen molar-refractivity contribution in [3.05, 3.63) is 54.6 Å². The molecule has 0 aliphatic rings. The fourth-order valence-electron chi connectivity index (χ4n) is 1.50. The summed E-state index contributed by atoms with van der Waals surface area (Å²) in [6.07, 6.45) is 0.863. The van der Waals surface area contributed by atoms with Crippen LogP contribution in [0, 0.1) is 0 Å². The zero-order valence-electron chi connectivity index (χ0n) is 10.6. The standard InChI is InChI=1S/C15H17NO2.ClH/c16-11-4-12-17-13-7-9-15(10-8-13)18-14-5-2-1-3-6-14;/h1-3,5-10H,4,11-12,16H2;1H. The van der Waals surface area contributed by atoms with Gasteiger partial charge in [-0.2, -0.15) is 0 Å². The first-order valence-corrected chi connectivity index (χ1v) is 6.04. The van der Waals surface area contributed by atoms with Crippen LogP contribution in [0.25, 0.3) is 0 Å². The lowest BCUT2D eigenvalue weighted by Crippen LogP contribution is -2.05. The zero-order chi connectivity index (χ0) is 12.6. The number of benzene rings is 2. The summed E-state index contributed by atoms with van der Waals surface area (Å²) in [6, 6.07) is 17.3. The van der Waals surface area contributed by atoms with Gasteiger partial charge in [0.2, 0.25) is 0 Å². The van der Waals surface area contributed by atoms with Crippen molar-refractivity contribution in [3.8, 4) is 17.2 Å². The zero-order valence-corrected chi connectivity index (χ0v) is 11.4. The Morgan fingerprint density at radius 1 is 0.789 bits per heavy atom. The molecule has 0 aromatic heterocycles. The molecule has 0 saturated heterocycles. The Morgan fingerprint density at radius 2 is 1.37 bits per heavy atom. The monoisotopic (exact) mass is 279 g/mol. The molecule has 0 fully saturated rings. The average molecular weight is 280 g/mol. The van der Waals surface area contributed by atoms with Gasteiger partial charge >= 0.3 is 0 Å². The number of halogens is 1. The summed E-state index contributed by atoms with van der Waals surface area (Å²) in [5.41, 5.74) is 5.40. The Hall–Kier alpha value is -1.71. The first-order valence-electron chi connectivity index (χ1n) is 6.04. The Bertz CT molecular complexity index is 459. The molecule has 102 valence electrons. The Labute approximate surface area is 119 Å². The van der Waals surface area contributed by atoms with E-state index in [2.05, 4.69) is 0 Å². The normalized spacial score (nSPS) is 9.53. The number of hydrogen-bond donors (Lipinski definition) is 1. The van der Waals surface area contributed by atoms with Crippen molar-refractivity contribution in [2.24, 2.45) is 5.73 Å². The number of para-hydroxylation sites is 1. The largest absolute Gasteiger partial charge is 0.494 e. The minimum absolute atomic E-state index is 0. The van der Waals surface area contributed by atoms with Crippen molar-refractivity contribution in [1.29, 1.82) is 0 Å². The van der Waals surface area contributed by atoms with E-state index in [4.69, 9.17) is 15.2 Å². The lowest BCUT2D eigenvalue weighted by molar-refractivity contribution is 0.313. The summed E-state index contributed by atoms with van der Waals surface area (Å²) in [5.74, 6) is 2.46. The van der Waals surface area contributed by atoms with Crippen LogP contribution < -0.4 is 15.2 Å². The predicted octanol–water partition coefficient (Wildman–Crippen LogP) is 3.63. The van der Waals surface area contributed by atoms with Crippen LogP contribution in [0.5, 0.6) is 17.2 Å². The van der Waals surface area contributed by atoms with Crippen molar-refractivity contribution in [3.63, 3.8) is 0 Å². The van der Waals surface area contributed by atoms with Crippen LogP contribution in [0.2, 0.25) is 0 Å². The first-order chi connectivity index (χ1) is 8.88. The highest BCUT2D eigenvalue weighted by molar-refractivity contribution is 5.85. The molecule has 0 aliphatic heterocycles. The summed E-state index contributed by atoms with van der Waals surface area (Å²) in [4.78, 5) is 0. The molecular formula is C15H18ClNO2. The van der Waals surface area contributed by atoms with Gasteiger partial charge in [-0.1, -0.05) is 18.2 Å². The van der Waals surface area contributed by atoms with Gasteiger partial charge in [-0.15, -0.1) is 12.4 Å². The molecule has 0 aliphatic carbocycles. The highest BCUT2D eigenvalue weighted by Crippen LogP contribution is 2.23. The SMILES string of the molecule is Cl.NCCCOc1ccc(Oc2ccccc2)cc1. The Kier molecular flexibility index (Phi) is 6.79. The molecule has 0 amide bonds. The van der Waals surface area contributed by atoms with E-state index >= 15 is 0 Å². The van der Waals surface area contributed by atoms with Crippen LogP contribution in [0.15, 0.2) is 54.6 Å². The molecular weight excluding hydrogens is 262 g/mol. The molecule has 2 aromatic carbocycles. The highest BCUT2D eigenvalue weighted by atomic mass is 35.5. The van der Waals surface area contributed by atoms with Crippen LogP contribution in [0.3, 0.4) is 0 Å². The maximum absolute atomic E-state index is 5.68. The lowest BCUT2D eigenvalue weighted by atomic mass is 10.3. The molecule has 0 atom stereocenters. The van der Waals surface area contributed by atoms with Gasteiger partial charge in [-0.25, -0.2) is 0 Å². The number of nitrogens with two attached hydrogens (primary N) is 1. The quantitative estimate of drug-likeness (QED) is 0.821. The summed E-state index contributed by atoms with van der Waals surface area (Å²) in [5, 5.41) is 0. The van der Waals surface area contributed by atoms with Crippen LogP contribution >= 0.6 is 12.4 Å². The molecule has 2 rings (SSSR count). The molecule has 19 heavy (non-hydrogen) atoms. The highest BCUT2D eigenvalue weighted by Gasteiger charge is 1.97. The van der Waals surface area contributed by atoms with Crippen molar-refractivity contribution >= 4 is 12.4 Å². The third-order valence-electron chi connectivity index (χ3n) is 2.42. The van der Waals surface area contributed by atoms with Crippen molar-refractivity contribution in [2.45, 2.75) is 6.42 Å². The second kappa shape index (κ2) is 8.40. The summed E-state index contributed by atoms with van der Waals surface area (Å²) >= 11 is 0. The molecule has 3 nitrogen and oxygen atoms in total. The van der Waals surface area contributed by atoms with E-state index in [9.17, 15) is 0 Å². The van der Waals surface area contributed by atoms with E-state index in [1.807, 2.05) is 54.6 Å². The number of rotatable bonds is 6. The molecule has 2 N–H and O–H groups in total. The van der Waals surface area contributed by atoms with Crippen LogP contribution in [0.1, 0.15) is 6.42 Å². The van der Waals surface area contributed by atoms with Crippen molar-refractivity contribution in [1.82, 2.24) is 0 Å². The van der Waals surface area contributed by atoms with Crippen molar-refractivity contribution in [2.75, 3.05) is 13.2 Å². The topological polar surface area (TPSA) is 44.5 Å². The van der Waals surface area contributed by atoms with E-state index in [0.29, 0.717) is 13.2 Å². The summed E-state index contributed by atoms with van der Waals surface area (Å²) < 4.78 is 11.2. The van der Waals surface area contributed by atoms with Crippen LogP contribution in [0.4, 0.5) is 0 Å². The summed E-state index contributed by atoms with van der Waals surface area (Å²) in [7, 11) is 0. The second-order valence-corrected chi connectivity index (χ2v) is 3.88. The van der Waals surface area contributed by atoms with E-state index in [1.54, 1.807) is 0 Å². The van der Waals surface area contributed by atoms with Gasteiger partial charge in [-0.05, 0) is 49.4 Å². The summed E-state index contributed by atoms with van der Waals surface area (Å²) in [6.45, 7) is 1.30. The third-order valence-corrected chi connectivity index (χ3v) is 2.42. The molecule has 0 unspecified atom stereocenters. The molecule has 0 spiro atoms. The lowest BCUT2D eigenvalue weighted by Gasteiger charge is -2.08. The average Bonchev–Trinajstić information content (AvgIpc) is 2.42. The maximum atomic E-state index is 5.68. The first kappa shape index (κ1) is 15.3. The van der Waals surface area contributed by atoms with Gasteiger partial charge < -0.3 is 15.2 Å². The number of hydrogen-bond acceptors (Lipinski definition) is 3. The maximum Gasteiger partial charge on any atom is 0.127 e. The fourth-order valence-corrected chi connectivity index (χ4v) is 1.50. The van der Waals surface area contributed by atoms with Gasteiger partial charge in [0.1, 0.15) is 17.2 Å². The molecule has 2 aromatic rings. The minimum Gasteiger partial charge on any atom is -0.494 e. The smallest absolute Gasteiger partial charge is 0.127 e. The molecule has 0 bridgehead atoms. The Morgan fingerprint density at radius 3 is 2.00 bits per heavy atom.